The third-order valence-corrected chi connectivity index (χ3v) is 4.63. The number of phenolic OH excluding ortho intramolecular Hbond substituents is 1. The Morgan fingerprint density at radius 1 is 1.33 bits per heavy atom. The first kappa shape index (κ1) is 19.1. The summed E-state index contributed by atoms with van der Waals surface area (Å²) >= 11 is 0. The number of aromatic nitrogens is 5. The van der Waals surface area contributed by atoms with E-state index in [0.29, 0.717) is 12.2 Å². The van der Waals surface area contributed by atoms with Crippen molar-refractivity contribution in [1.82, 2.24) is 24.4 Å². The maximum absolute atomic E-state index is 12.8. The van der Waals surface area contributed by atoms with E-state index in [1.807, 2.05) is 20.0 Å². The molecular formula is C19H17N7O4. The number of non-ortho nitro benzene ring substituents is 1. The lowest BCUT2D eigenvalue weighted by Crippen LogP contribution is -2.12. The standard InChI is InChI=1S/C19H17N7O4/c1-3-24-10-14(11(2)23-24)16-6-7-20-18-13(9-21-25(16)18)19(28)22-15-8-12(26(29)30)4-5-17(15)27/h4-10,27H,3H2,1-2H3,(H,22,28). The quantitative estimate of drug-likeness (QED) is 0.294. The predicted octanol–water partition coefficient (Wildman–Crippen LogP) is 2.79. The Bertz CT molecular complexity index is 1290. The highest BCUT2D eigenvalue weighted by molar-refractivity contribution is 6.09. The van der Waals surface area contributed by atoms with Gasteiger partial charge in [-0.1, -0.05) is 0 Å². The van der Waals surface area contributed by atoms with Crippen molar-refractivity contribution in [2.75, 3.05) is 5.32 Å². The number of rotatable bonds is 5. The summed E-state index contributed by atoms with van der Waals surface area (Å²) in [5, 5.41) is 32.1. The van der Waals surface area contributed by atoms with Gasteiger partial charge in [-0.3, -0.25) is 19.6 Å². The van der Waals surface area contributed by atoms with E-state index in [0.717, 1.165) is 35.2 Å². The van der Waals surface area contributed by atoms with Gasteiger partial charge >= 0.3 is 0 Å². The minimum Gasteiger partial charge on any atom is -0.506 e. The van der Waals surface area contributed by atoms with E-state index in [1.54, 1.807) is 16.9 Å². The number of nitro groups is 1. The highest BCUT2D eigenvalue weighted by atomic mass is 16.6. The van der Waals surface area contributed by atoms with Gasteiger partial charge in [-0.15, -0.1) is 0 Å². The fraction of sp³-hybridized carbons (Fsp3) is 0.158. The molecule has 0 unspecified atom stereocenters. The van der Waals surface area contributed by atoms with Gasteiger partial charge in [-0.2, -0.15) is 10.2 Å². The Morgan fingerprint density at radius 3 is 2.83 bits per heavy atom. The predicted molar refractivity (Wildman–Crippen MR) is 107 cm³/mol. The van der Waals surface area contributed by atoms with Gasteiger partial charge in [0.2, 0.25) is 0 Å². The highest BCUT2D eigenvalue weighted by Crippen LogP contribution is 2.29. The monoisotopic (exact) mass is 407 g/mol. The molecule has 3 aromatic heterocycles. The zero-order valence-electron chi connectivity index (χ0n) is 16.1. The lowest BCUT2D eigenvalue weighted by molar-refractivity contribution is -0.384. The molecular weight excluding hydrogens is 390 g/mol. The molecule has 0 bridgehead atoms. The Labute approximate surface area is 169 Å². The van der Waals surface area contributed by atoms with Gasteiger partial charge in [0.15, 0.2) is 5.65 Å². The van der Waals surface area contributed by atoms with Crippen LogP contribution in [-0.2, 0) is 6.54 Å². The third kappa shape index (κ3) is 3.21. The van der Waals surface area contributed by atoms with E-state index >= 15 is 0 Å². The molecule has 30 heavy (non-hydrogen) atoms. The number of anilines is 1. The van der Waals surface area contributed by atoms with Crippen LogP contribution in [-0.4, -0.2) is 40.3 Å². The Balaban J connectivity index is 1.73. The lowest BCUT2D eigenvalue weighted by atomic mass is 10.2. The summed E-state index contributed by atoms with van der Waals surface area (Å²) in [4.78, 5) is 27.4. The molecule has 0 saturated heterocycles. The molecule has 152 valence electrons. The van der Waals surface area contributed by atoms with Crippen LogP contribution in [0.4, 0.5) is 11.4 Å². The first-order valence-electron chi connectivity index (χ1n) is 9.05. The number of hydrogen-bond donors (Lipinski definition) is 2. The zero-order chi connectivity index (χ0) is 21.4. The van der Waals surface area contributed by atoms with Gasteiger partial charge in [0, 0.05) is 36.6 Å². The molecule has 0 atom stereocenters. The number of carbonyl (C=O) groups excluding carboxylic acids is 1. The largest absolute Gasteiger partial charge is 0.506 e. The molecule has 0 fully saturated rings. The zero-order valence-corrected chi connectivity index (χ0v) is 16.1. The van der Waals surface area contributed by atoms with E-state index in [2.05, 4.69) is 20.5 Å². The second-order valence-corrected chi connectivity index (χ2v) is 6.52. The van der Waals surface area contributed by atoms with E-state index < -0.39 is 10.8 Å². The SMILES string of the molecule is CCn1cc(-c2ccnc3c(C(=O)Nc4cc([N+](=O)[O-])ccc4O)cnn23)c(C)n1. The van der Waals surface area contributed by atoms with Crippen molar-refractivity contribution < 1.29 is 14.8 Å². The van der Waals surface area contributed by atoms with Crippen molar-refractivity contribution in [3.63, 3.8) is 0 Å². The molecule has 3 heterocycles. The summed E-state index contributed by atoms with van der Waals surface area (Å²) in [7, 11) is 0. The number of aromatic hydroxyl groups is 1. The molecule has 1 amide bonds. The number of carbonyl (C=O) groups is 1. The molecule has 1 aromatic carbocycles. The molecule has 2 N–H and O–H groups in total. The van der Waals surface area contributed by atoms with Crippen LogP contribution < -0.4 is 5.32 Å². The fourth-order valence-corrected chi connectivity index (χ4v) is 3.11. The Kier molecular flexibility index (Phi) is 4.62. The highest BCUT2D eigenvalue weighted by Gasteiger charge is 2.20. The van der Waals surface area contributed by atoms with Crippen LogP contribution in [0.2, 0.25) is 0 Å². The average Bonchev–Trinajstić information content (AvgIpc) is 3.32. The number of nitro benzene ring substituents is 1. The van der Waals surface area contributed by atoms with Crippen molar-refractivity contribution >= 4 is 22.9 Å². The van der Waals surface area contributed by atoms with Crippen molar-refractivity contribution in [1.29, 1.82) is 0 Å². The maximum Gasteiger partial charge on any atom is 0.271 e. The van der Waals surface area contributed by atoms with Crippen LogP contribution in [0.1, 0.15) is 23.0 Å². The summed E-state index contributed by atoms with van der Waals surface area (Å²) in [6.07, 6.45) is 4.82. The Morgan fingerprint density at radius 2 is 2.13 bits per heavy atom. The summed E-state index contributed by atoms with van der Waals surface area (Å²) < 4.78 is 3.34. The van der Waals surface area contributed by atoms with Gasteiger partial charge in [-0.05, 0) is 26.0 Å². The molecule has 4 aromatic rings. The van der Waals surface area contributed by atoms with E-state index in [-0.39, 0.29) is 22.7 Å². The smallest absolute Gasteiger partial charge is 0.271 e. The van der Waals surface area contributed by atoms with Gasteiger partial charge in [0.1, 0.15) is 11.3 Å². The van der Waals surface area contributed by atoms with Gasteiger partial charge in [-0.25, -0.2) is 9.50 Å². The summed E-state index contributed by atoms with van der Waals surface area (Å²) in [5.41, 5.74) is 2.51. The number of aryl methyl sites for hydroxylation is 2. The number of phenols is 1. The van der Waals surface area contributed by atoms with Gasteiger partial charge in [0.25, 0.3) is 11.6 Å². The minimum atomic E-state index is -0.614. The molecule has 0 spiro atoms. The van der Waals surface area contributed by atoms with E-state index in [4.69, 9.17) is 0 Å². The van der Waals surface area contributed by atoms with Crippen LogP contribution in [0.3, 0.4) is 0 Å². The number of amides is 1. The van der Waals surface area contributed by atoms with Gasteiger partial charge < -0.3 is 10.4 Å². The molecule has 11 nitrogen and oxygen atoms in total. The van der Waals surface area contributed by atoms with Crippen molar-refractivity contribution in [2.45, 2.75) is 20.4 Å². The van der Waals surface area contributed by atoms with Crippen LogP contribution >= 0.6 is 0 Å². The van der Waals surface area contributed by atoms with Crippen molar-refractivity contribution in [3.8, 4) is 17.0 Å². The lowest BCUT2D eigenvalue weighted by Gasteiger charge is -2.07. The molecule has 0 aliphatic carbocycles. The number of benzene rings is 1. The van der Waals surface area contributed by atoms with Gasteiger partial charge in [0.05, 0.1) is 28.2 Å². The van der Waals surface area contributed by atoms with E-state index in [9.17, 15) is 20.0 Å². The molecule has 0 saturated carbocycles. The molecule has 11 heteroatoms. The molecule has 0 aliphatic heterocycles. The second-order valence-electron chi connectivity index (χ2n) is 6.52. The topological polar surface area (TPSA) is 140 Å². The minimum absolute atomic E-state index is 0.0789. The average molecular weight is 407 g/mol. The number of fused-ring (bicyclic) bond motifs is 1. The normalized spacial score (nSPS) is 11.0. The maximum atomic E-state index is 12.8. The fourth-order valence-electron chi connectivity index (χ4n) is 3.11. The third-order valence-electron chi connectivity index (χ3n) is 4.63. The van der Waals surface area contributed by atoms with Crippen LogP contribution in [0.25, 0.3) is 16.9 Å². The second kappa shape index (κ2) is 7.28. The molecule has 0 radical (unpaired) electrons. The van der Waals surface area contributed by atoms with Crippen LogP contribution in [0.15, 0.2) is 42.9 Å². The van der Waals surface area contributed by atoms with Crippen LogP contribution in [0, 0.1) is 17.0 Å². The number of nitrogens with zero attached hydrogens (tertiary/aromatic N) is 6. The van der Waals surface area contributed by atoms with Crippen LogP contribution in [0.5, 0.6) is 5.75 Å². The summed E-state index contributed by atoms with van der Waals surface area (Å²) in [6.45, 7) is 4.59. The Hall–Kier alpha value is -4.28. The van der Waals surface area contributed by atoms with Crippen molar-refractivity contribution in [2.24, 2.45) is 0 Å². The van der Waals surface area contributed by atoms with E-state index in [1.165, 1.54) is 10.7 Å². The first-order chi connectivity index (χ1) is 14.4. The summed E-state index contributed by atoms with van der Waals surface area (Å²) in [5.74, 6) is -0.895. The molecule has 0 aliphatic rings. The van der Waals surface area contributed by atoms with Crippen molar-refractivity contribution in [3.05, 3.63) is 64.2 Å². The first-order valence-corrected chi connectivity index (χ1v) is 9.05. The number of hydrogen-bond acceptors (Lipinski definition) is 7. The molecule has 4 rings (SSSR count). The summed E-state index contributed by atoms with van der Waals surface area (Å²) in [6, 6.07) is 5.15. The number of nitrogens with one attached hydrogen (secondary N) is 1.